The molecule has 0 aromatic rings. The number of fused-ring (bicyclic) bond motifs is 7. The Morgan fingerprint density at radius 1 is 1.00 bits per heavy atom. The first-order valence-corrected chi connectivity index (χ1v) is 17.0. The maximum absolute atomic E-state index is 13.2. The summed E-state index contributed by atoms with van der Waals surface area (Å²) >= 11 is 0. The Bertz CT molecular complexity index is 990. The van der Waals surface area contributed by atoms with E-state index in [4.69, 9.17) is 4.74 Å². The Hall–Kier alpha value is -2.20. The van der Waals surface area contributed by atoms with E-state index in [1.54, 1.807) is 33.8 Å². The lowest BCUT2D eigenvalue weighted by Gasteiger charge is -2.27. The summed E-state index contributed by atoms with van der Waals surface area (Å²) in [6.07, 6.45) is 3.52. The maximum atomic E-state index is 13.2. The quantitative estimate of drug-likeness (QED) is 0.111. The van der Waals surface area contributed by atoms with Crippen LogP contribution in [-0.4, -0.2) is 74.4 Å². The van der Waals surface area contributed by atoms with Crippen LogP contribution >= 0.6 is 10.8 Å². The number of rotatable bonds is 2. The number of amides is 4. The molecular weight excluding hydrogens is 568 g/mol. The standard InChI is InChI=1S/C24H36N4O8S3/c1-6-16-21(30)28-20(14(4)5)24(33)36-15-9-7-8-10-37-39(35)38(34)12-17(22(31)25-16)26-23(32)19(13(2)3)27-18(29)11-15/h6-7,9,13-15,17,19-20H,8,10-12H2,1-5H3,(H,25,31)(H,26,32)(H,27,29)(H,28,30)/b9-7+,16-6-/t15-,17-,19-,20?,38?,39?/m1/s1. The first-order chi connectivity index (χ1) is 18.3. The number of esters is 1. The van der Waals surface area contributed by atoms with Gasteiger partial charge in [-0.25, -0.2) is 4.79 Å². The minimum atomic E-state index is -2.04. The van der Waals surface area contributed by atoms with E-state index in [9.17, 15) is 33.1 Å². The van der Waals surface area contributed by atoms with Gasteiger partial charge in [0, 0.05) is 0 Å². The van der Waals surface area contributed by atoms with Crippen molar-refractivity contribution in [1.82, 2.24) is 21.3 Å². The molecular formula is C24H36N4O8S3. The molecule has 0 radical (unpaired) electrons. The van der Waals surface area contributed by atoms with Gasteiger partial charge in [-0.3, -0.25) is 19.2 Å². The molecule has 4 N–H and O–H groups in total. The molecule has 6 atom stereocenters. The molecule has 39 heavy (non-hydrogen) atoms. The normalized spacial score (nSPS) is 32.4. The molecule has 218 valence electrons. The molecule has 2 bridgehead atoms. The van der Waals surface area contributed by atoms with Gasteiger partial charge in [-0.1, -0.05) is 39.8 Å². The summed E-state index contributed by atoms with van der Waals surface area (Å²) in [4.78, 5) is 65.5. The lowest BCUT2D eigenvalue weighted by molar-refractivity contribution is -0.153. The summed E-state index contributed by atoms with van der Waals surface area (Å²) in [5.74, 6) is -4.76. The largest absolute Gasteiger partial charge is 0.570 e. The van der Waals surface area contributed by atoms with Gasteiger partial charge in [0.05, 0.1) is 12.2 Å². The fourth-order valence-corrected chi connectivity index (χ4v) is 8.57. The van der Waals surface area contributed by atoms with E-state index < -0.39 is 90.9 Å². The molecule has 2 aliphatic rings. The highest BCUT2D eigenvalue weighted by atomic mass is 33.5. The van der Waals surface area contributed by atoms with Gasteiger partial charge < -0.3 is 35.1 Å². The van der Waals surface area contributed by atoms with Gasteiger partial charge in [0.15, 0.2) is 22.0 Å². The number of nitrogens with one attached hydrogen (secondary N) is 4. The Morgan fingerprint density at radius 3 is 2.28 bits per heavy atom. The van der Waals surface area contributed by atoms with Crippen molar-refractivity contribution in [2.75, 3.05) is 11.5 Å². The predicted octanol–water partition coefficient (Wildman–Crippen LogP) is 0.109. The molecule has 15 heteroatoms. The summed E-state index contributed by atoms with van der Waals surface area (Å²) in [5.41, 5.74) is -0.211. The summed E-state index contributed by atoms with van der Waals surface area (Å²) in [6, 6.07) is -3.63. The summed E-state index contributed by atoms with van der Waals surface area (Å²) in [5, 5.41) is 10.1. The third-order valence-corrected chi connectivity index (χ3v) is 12.0. The van der Waals surface area contributed by atoms with Gasteiger partial charge in [0.25, 0.3) is 11.8 Å². The van der Waals surface area contributed by atoms with Gasteiger partial charge in [-0.2, -0.15) is 0 Å². The second-order valence-corrected chi connectivity index (χ2v) is 15.9. The van der Waals surface area contributed by atoms with E-state index in [2.05, 4.69) is 21.3 Å². The molecule has 3 unspecified atom stereocenters. The third-order valence-electron chi connectivity index (χ3n) is 5.82. The Balaban J connectivity index is 2.63. The molecule has 2 heterocycles. The average Bonchev–Trinajstić information content (AvgIpc) is 2.85. The van der Waals surface area contributed by atoms with Crippen molar-refractivity contribution in [2.45, 2.75) is 71.7 Å². The van der Waals surface area contributed by atoms with Crippen LogP contribution < -0.4 is 21.3 Å². The zero-order valence-corrected chi connectivity index (χ0v) is 25.0. The van der Waals surface area contributed by atoms with Crippen LogP contribution in [-0.2, 0) is 48.2 Å². The fourth-order valence-electron chi connectivity index (χ4n) is 3.64. The summed E-state index contributed by atoms with van der Waals surface area (Å²) in [7, 11) is -3.03. The van der Waals surface area contributed by atoms with Crippen molar-refractivity contribution in [3.8, 4) is 0 Å². The van der Waals surface area contributed by atoms with Crippen molar-refractivity contribution < 1.29 is 37.8 Å². The minimum Gasteiger partial charge on any atom is -0.570 e. The van der Waals surface area contributed by atoms with Gasteiger partial charge in [-0.05, 0) is 31.3 Å². The molecule has 0 saturated carbocycles. The van der Waals surface area contributed by atoms with Crippen LogP contribution in [0.4, 0.5) is 0 Å². The number of carbonyl (C=O) groups excluding carboxylic acids is 5. The molecule has 1 fully saturated rings. The molecule has 4 amide bonds. The van der Waals surface area contributed by atoms with Gasteiger partial charge in [0.1, 0.15) is 34.7 Å². The highest BCUT2D eigenvalue weighted by Gasteiger charge is 2.38. The second kappa shape index (κ2) is 15.6. The van der Waals surface area contributed by atoms with Gasteiger partial charge >= 0.3 is 5.97 Å². The van der Waals surface area contributed by atoms with Gasteiger partial charge in [0.2, 0.25) is 21.1 Å². The number of hydrogen-bond acceptors (Lipinski definition) is 9. The molecule has 1 saturated heterocycles. The van der Waals surface area contributed by atoms with Crippen LogP contribution in [0.2, 0.25) is 0 Å². The Kier molecular flexibility index (Phi) is 13.2. The third kappa shape index (κ3) is 10.0. The van der Waals surface area contributed by atoms with E-state index in [0.29, 0.717) is 12.2 Å². The number of ether oxygens (including phenoxy) is 1. The lowest BCUT2D eigenvalue weighted by Crippen LogP contribution is -2.58. The van der Waals surface area contributed by atoms with Crippen LogP contribution in [0.3, 0.4) is 0 Å². The van der Waals surface area contributed by atoms with Crippen LogP contribution in [0.15, 0.2) is 23.9 Å². The SMILES string of the molecule is C/C=C1\NC(=O)[C@H]2C[S+]([O-])[S+]([O-])SCC/C=C/[C@H](CC(=O)N[C@H](C(C)C)C(=O)N2)OC(=O)C(C(C)C)NC1=O. The lowest BCUT2D eigenvalue weighted by atomic mass is 10.0. The topological polar surface area (TPSA) is 189 Å². The molecule has 0 spiro atoms. The van der Waals surface area contributed by atoms with Gasteiger partial charge in [-0.15, -0.1) is 0 Å². The monoisotopic (exact) mass is 604 g/mol. The second-order valence-electron chi connectivity index (χ2n) is 9.63. The maximum Gasteiger partial charge on any atom is 0.329 e. The van der Waals surface area contributed by atoms with E-state index >= 15 is 0 Å². The van der Waals surface area contributed by atoms with Crippen LogP contribution in [0.25, 0.3) is 0 Å². The van der Waals surface area contributed by atoms with Crippen LogP contribution in [0, 0.1) is 11.8 Å². The Morgan fingerprint density at radius 2 is 1.67 bits per heavy atom. The van der Waals surface area contributed by atoms with Crippen molar-refractivity contribution in [3.05, 3.63) is 23.9 Å². The number of hydrogen-bond donors (Lipinski definition) is 4. The van der Waals surface area contributed by atoms with Crippen LogP contribution in [0.1, 0.15) is 47.5 Å². The summed E-state index contributed by atoms with van der Waals surface area (Å²) in [6.45, 7) is 8.27. The highest BCUT2D eigenvalue weighted by Crippen LogP contribution is 2.23. The predicted molar refractivity (Wildman–Crippen MR) is 149 cm³/mol. The average molecular weight is 605 g/mol. The van der Waals surface area contributed by atoms with Crippen molar-refractivity contribution in [1.29, 1.82) is 0 Å². The number of carbonyl (C=O) groups is 5. The smallest absolute Gasteiger partial charge is 0.329 e. The summed E-state index contributed by atoms with van der Waals surface area (Å²) < 4.78 is 31.0. The van der Waals surface area contributed by atoms with E-state index in [-0.39, 0.29) is 12.1 Å². The molecule has 12 nitrogen and oxygen atoms in total. The Labute approximate surface area is 237 Å². The number of allylic oxidation sites excluding steroid dienone is 2. The molecule has 0 aliphatic carbocycles. The zero-order chi connectivity index (χ0) is 29.3. The van der Waals surface area contributed by atoms with Crippen molar-refractivity contribution >= 4 is 59.8 Å². The van der Waals surface area contributed by atoms with E-state index in [0.717, 1.165) is 10.8 Å². The zero-order valence-electron chi connectivity index (χ0n) is 22.5. The minimum absolute atomic E-state index is 0.211. The van der Waals surface area contributed by atoms with Crippen molar-refractivity contribution in [2.24, 2.45) is 11.8 Å². The molecule has 0 aromatic carbocycles. The van der Waals surface area contributed by atoms with Crippen LogP contribution in [0.5, 0.6) is 0 Å². The van der Waals surface area contributed by atoms with E-state index in [1.165, 1.54) is 19.1 Å². The first-order valence-electron chi connectivity index (χ1n) is 12.5. The first kappa shape index (κ1) is 33.0. The van der Waals surface area contributed by atoms with E-state index in [1.807, 2.05) is 0 Å². The molecule has 2 aliphatic heterocycles. The van der Waals surface area contributed by atoms with Crippen molar-refractivity contribution in [3.63, 3.8) is 0 Å². The fraction of sp³-hybridized carbons (Fsp3) is 0.625. The highest BCUT2D eigenvalue weighted by molar-refractivity contribution is 9.02. The molecule has 0 aromatic heterocycles. The molecule has 2 rings (SSSR count).